The number of hydrogen-bond donors (Lipinski definition) is 5. The third-order valence-corrected chi connectivity index (χ3v) is 31.5. The summed E-state index contributed by atoms with van der Waals surface area (Å²) in [7, 11) is -4.85. The molecular formula is C57H108N4O14Si3. The Kier molecular flexibility index (Phi) is 38.6. The summed E-state index contributed by atoms with van der Waals surface area (Å²) in [6, 6.07) is 11.1. The molecule has 21 heteroatoms. The number of aliphatic hydroxyl groups is 2. The van der Waals surface area contributed by atoms with Crippen molar-refractivity contribution < 1.29 is 66.4 Å². The zero-order valence-corrected chi connectivity index (χ0v) is 53.3. The molecule has 3 fully saturated rings. The molecule has 5 unspecified atom stereocenters. The van der Waals surface area contributed by atoms with Crippen LogP contribution in [0.15, 0.2) is 43.0 Å². The highest BCUT2D eigenvalue weighted by Gasteiger charge is 2.56. The smallest absolute Gasteiger partial charge is 0.465 e. The van der Waals surface area contributed by atoms with Gasteiger partial charge < -0.3 is 58.4 Å². The van der Waals surface area contributed by atoms with Crippen molar-refractivity contribution in [3.05, 3.63) is 38.0 Å². The van der Waals surface area contributed by atoms with Gasteiger partial charge in [-0.1, -0.05) is 115 Å². The molecule has 3 saturated carbocycles. The van der Waals surface area contributed by atoms with Crippen LogP contribution in [0.2, 0.25) is 54.4 Å². The van der Waals surface area contributed by atoms with E-state index < -0.39 is 48.6 Å². The Balaban J connectivity index is 0.00000121. The highest BCUT2D eigenvalue weighted by atomic mass is 28.4. The van der Waals surface area contributed by atoms with Crippen molar-refractivity contribution in [2.45, 2.75) is 176 Å². The van der Waals surface area contributed by atoms with E-state index in [0.717, 1.165) is 32.1 Å². The summed E-state index contributed by atoms with van der Waals surface area (Å²) >= 11 is 0. The number of nitrogens with one attached hydrogen (secondary N) is 3. The van der Waals surface area contributed by atoms with Crippen LogP contribution in [-0.2, 0) is 41.8 Å². The van der Waals surface area contributed by atoms with Crippen LogP contribution in [0.5, 0.6) is 0 Å². The minimum atomic E-state index is -2.73. The molecule has 0 saturated heterocycles. The lowest BCUT2D eigenvalue weighted by atomic mass is 10.1. The molecule has 18 nitrogen and oxygen atoms in total. The number of esters is 1. The monoisotopic (exact) mass is 1160 g/mol. The average Bonchev–Trinajstić information content (AvgIpc) is 4.42. The Morgan fingerprint density at radius 2 is 0.910 bits per heavy atom. The zero-order valence-electron chi connectivity index (χ0n) is 50.3. The maximum absolute atomic E-state index is 12.3. The Hall–Kier alpha value is -3.67. The number of carbonyl (C=O) groups excluding carboxylic acids is 5. The zero-order chi connectivity index (χ0) is 59.2. The minimum absolute atomic E-state index is 0.0835. The first kappa shape index (κ1) is 74.3. The van der Waals surface area contributed by atoms with E-state index in [4.69, 9.17) is 42.4 Å². The lowest BCUT2D eigenvalue weighted by Gasteiger charge is -2.28. The molecule has 3 rings (SSSR count). The fourth-order valence-electron chi connectivity index (χ4n) is 9.84. The number of aliphatic hydroxyl groups excluding tert-OH is 2. The molecule has 0 aliphatic heterocycles. The van der Waals surface area contributed by atoms with E-state index in [-0.39, 0.29) is 68.3 Å². The van der Waals surface area contributed by atoms with Crippen LogP contribution in [0, 0.1) is 34.0 Å². The van der Waals surface area contributed by atoms with Crippen molar-refractivity contribution >= 4 is 55.3 Å². The van der Waals surface area contributed by atoms with Crippen LogP contribution in [0.3, 0.4) is 0 Å². The van der Waals surface area contributed by atoms with E-state index in [1.807, 2.05) is 39.8 Å². The number of hydrogen-bond acceptors (Lipinski definition) is 15. The van der Waals surface area contributed by atoms with Crippen molar-refractivity contribution in [1.29, 1.82) is 0 Å². The van der Waals surface area contributed by atoms with Gasteiger partial charge in [-0.2, -0.15) is 0 Å². The van der Waals surface area contributed by atoms with Crippen molar-refractivity contribution in [1.82, 2.24) is 16.0 Å². The molecule has 3 aliphatic rings. The molecule has 0 aromatic rings. The molecule has 3 aliphatic carbocycles. The maximum atomic E-state index is 12.3. The van der Waals surface area contributed by atoms with Crippen molar-refractivity contribution in [3.63, 3.8) is 0 Å². The Labute approximate surface area is 473 Å². The van der Waals surface area contributed by atoms with Crippen molar-refractivity contribution in [3.8, 4) is 0 Å². The molecule has 0 radical (unpaired) electrons. The van der Waals surface area contributed by atoms with Crippen LogP contribution in [0.4, 0.5) is 14.4 Å². The van der Waals surface area contributed by atoms with Crippen molar-refractivity contribution in [2.75, 3.05) is 85.6 Å². The number of carbonyl (C=O) groups is 4. The Morgan fingerprint density at radius 1 is 0.551 bits per heavy atom. The van der Waals surface area contributed by atoms with E-state index in [1.54, 1.807) is 19.1 Å². The van der Waals surface area contributed by atoms with Gasteiger partial charge in [0.15, 0.2) is 0 Å². The first-order chi connectivity index (χ1) is 37.3. The van der Waals surface area contributed by atoms with E-state index in [2.05, 4.69) is 82.2 Å². The van der Waals surface area contributed by atoms with Gasteiger partial charge in [0.05, 0.1) is 35.9 Å². The summed E-state index contributed by atoms with van der Waals surface area (Å²) in [5.41, 5.74) is -0.870. The number of isocyanates is 1. The average molecular weight is 1160 g/mol. The van der Waals surface area contributed by atoms with Gasteiger partial charge >= 0.3 is 33.1 Å². The van der Waals surface area contributed by atoms with Crippen LogP contribution in [0.1, 0.15) is 121 Å². The van der Waals surface area contributed by atoms with Gasteiger partial charge in [-0.25, -0.2) is 24.2 Å². The standard InChI is InChI=1S/C27H54N2O7Si2.C13H21NO4.C10H21NOSi.C7H12O2/c1-8-24-21-27(24,22-32-25(30)28-17-15-19-37(12-5,13-6)14-7)23-33-26(31)29-18-16-20-38(34-9-2,35-10-3)36-11-4;1-4-10-7-13(10,8-17-11(15)5-2)9-18-12(16)14-6-3;1-4-13(5-2,6-3)9-7-8-11-10-12;1-2-6-3-7(6,4-8)5-9/h8,24H,1,9-23H2,2-7H3,(H,28,30)(H,29,31);4,10H,1,5-9H2,2-3H3,(H,14,16);4-9H2,1-3H3;2,6,8-9H,1,3-5H2. The predicted octanol–water partition coefficient (Wildman–Crippen LogP) is 11.2. The van der Waals surface area contributed by atoms with Crippen LogP contribution < -0.4 is 16.0 Å². The van der Waals surface area contributed by atoms with Crippen LogP contribution in [0.25, 0.3) is 0 Å². The van der Waals surface area contributed by atoms with Gasteiger partial charge in [-0.05, 0) is 84.0 Å². The highest BCUT2D eigenvalue weighted by molar-refractivity contribution is 6.80. The van der Waals surface area contributed by atoms with Crippen LogP contribution >= 0.6 is 0 Å². The van der Waals surface area contributed by atoms with Crippen LogP contribution in [-0.4, -0.2) is 151 Å². The molecule has 0 aromatic carbocycles. The van der Waals surface area contributed by atoms with Gasteiger partial charge in [0.25, 0.3) is 0 Å². The topological polar surface area (TPSA) is 239 Å². The lowest BCUT2D eigenvalue weighted by Crippen LogP contribution is -2.46. The highest BCUT2D eigenvalue weighted by Crippen LogP contribution is 2.55. The number of nitrogens with zero attached hydrogens (tertiary/aromatic N) is 1. The van der Waals surface area contributed by atoms with E-state index >= 15 is 0 Å². The van der Waals surface area contributed by atoms with E-state index in [1.165, 1.54) is 48.4 Å². The maximum Gasteiger partial charge on any atom is 0.500 e. The van der Waals surface area contributed by atoms with Crippen molar-refractivity contribution in [2.24, 2.45) is 39.0 Å². The number of rotatable bonds is 39. The molecule has 78 heavy (non-hydrogen) atoms. The first-order valence-corrected chi connectivity index (χ1v) is 36.9. The lowest BCUT2D eigenvalue weighted by molar-refractivity contribution is -0.145. The molecule has 0 aromatic heterocycles. The molecule has 3 amide bonds. The second-order valence-electron chi connectivity index (χ2n) is 21.1. The SMILES string of the molecule is C=CC1CC1(CO)CO.C=CC1CC1(COC(=O)CC)COC(=O)NCC.C=CC1CC1(COC(=O)NCCC[Si](CC)(CC)CC)COC(=O)NCCC[Si](OCC)(OCC)OCC.CC[Si](CC)(CC)CCCN=C=O. The number of allylic oxidation sites excluding steroid dienone is 3. The van der Waals surface area contributed by atoms with E-state index in [0.29, 0.717) is 70.8 Å². The Bertz CT molecular complexity index is 1750. The fraction of sp³-hybridized carbons (Fsp3) is 0.807. The summed E-state index contributed by atoms with van der Waals surface area (Å²) in [6.07, 6.45) is 11.3. The third kappa shape index (κ3) is 26.7. The summed E-state index contributed by atoms with van der Waals surface area (Å²) in [4.78, 5) is 60.5. The summed E-state index contributed by atoms with van der Waals surface area (Å²) in [5, 5.41) is 25.7. The summed E-state index contributed by atoms with van der Waals surface area (Å²) in [6.45, 7) is 39.3. The largest absolute Gasteiger partial charge is 0.500 e. The minimum Gasteiger partial charge on any atom is -0.465 e. The Morgan fingerprint density at radius 3 is 1.22 bits per heavy atom. The number of amides is 3. The third-order valence-electron chi connectivity index (χ3n) is 16.6. The van der Waals surface area contributed by atoms with Gasteiger partial charge in [0.1, 0.15) is 26.4 Å². The molecule has 0 bridgehead atoms. The first-order valence-electron chi connectivity index (χ1n) is 29.3. The fourth-order valence-corrected chi connectivity index (χ4v) is 19.4. The quantitative estimate of drug-likeness (QED) is 0.00732. The molecule has 5 atom stereocenters. The molecule has 5 N–H and O–H groups in total. The predicted molar refractivity (Wildman–Crippen MR) is 318 cm³/mol. The number of alkyl carbamates (subject to hydrolysis) is 3. The summed E-state index contributed by atoms with van der Waals surface area (Å²) < 4.78 is 38.8. The summed E-state index contributed by atoms with van der Waals surface area (Å²) in [5.74, 6) is 0.509. The number of ether oxygens (including phenoxy) is 4. The van der Waals surface area contributed by atoms with Gasteiger partial charge in [0.2, 0.25) is 6.08 Å². The second-order valence-corrected chi connectivity index (χ2v) is 35.0. The normalized spacial score (nSPS) is 20.3. The van der Waals surface area contributed by atoms with E-state index in [9.17, 15) is 24.0 Å². The molecular weight excluding hydrogens is 1050 g/mol. The molecule has 0 spiro atoms. The molecule has 0 heterocycles. The number of aliphatic imine (C=N–C) groups is 1. The molecule has 452 valence electrons. The van der Waals surface area contributed by atoms with Gasteiger partial charge in [-0.3, -0.25) is 4.79 Å². The van der Waals surface area contributed by atoms with Gasteiger partial charge in [-0.15, -0.1) is 19.7 Å². The second kappa shape index (κ2) is 40.5. The van der Waals surface area contributed by atoms with Gasteiger partial charge in [0, 0.05) is 68.2 Å².